The average Bonchev–Trinajstić information content (AvgIpc) is 2.62. The van der Waals surface area contributed by atoms with Crippen molar-refractivity contribution in [3.8, 4) is 0 Å². The molecule has 5 heteroatoms. The van der Waals surface area contributed by atoms with Crippen molar-refractivity contribution in [2.75, 3.05) is 11.9 Å². The van der Waals surface area contributed by atoms with E-state index in [4.69, 9.17) is 16.6 Å². The second-order valence-corrected chi connectivity index (χ2v) is 8.35. The van der Waals surface area contributed by atoms with Crippen LogP contribution in [0.15, 0.2) is 47.3 Å². The molecule has 0 aliphatic heterocycles. The van der Waals surface area contributed by atoms with Crippen molar-refractivity contribution in [1.29, 1.82) is 0 Å². The number of hydrogen-bond donors (Lipinski definition) is 1. The van der Waals surface area contributed by atoms with Gasteiger partial charge in [0.1, 0.15) is 5.82 Å². The summed E-state index contributed by atoms with van der Waals surface area (Å²) >= 11 is 7.72. The standard InChI is InChI=1S/C21H19ClN2OS/c1-12(2)9-10-23-21-20-18(14-5-3-4-6-16(14)24-21)19(25)15-11-13(22)7-8-17(15)26-20/h3-8,11-12H,9-10H2,1-2H3,(H,23,24). The third kappa shape index (κ3) is 3.04. The van der Waals surface area contributed by atoms with Crippen LogP contribution in [0.4, 0.5) is 5.82 Å². The normalized spacial score (nSPS) is 11.7. The van der Waals surface area contributed by atoms with E-state index in [1.165, 1.54) is 0 Å². The van der Waals surface area contributed by atoms with Gasteiger partial charge in [-0.1, -0.05) is 43.6 Å². The Labute approximate surface area is 160 Å². The zero-order chi connectivity index (χ0) is 18.3. The first-order valence-corrected chi connectivity index (χ1v) is 9.92. The number of pyridine rings is 1. The minimum absolute atomic E-state index is 0.0155. The van der Waals surface area contributed by atoms with Crippen LogP contribution in [0.3, 0.4) is 0 Å². The van der Waals surface area contributed by atoms with E-state index in [0.717, 1.165) is 44.5 Å². The SMILES string of the molecule is CC(C)CCNc1nc2ccccc2c2c(=O)c3cc(Cl)ccc3sc12. The van der Waals surface area contributed by atoms with Crippen LogP contribution >= 0.6 is 22.9 Å². The Bertz CT molecular complexity index is 1180. The molecule has 0 atom stereocenters. The summed E-state index contributed by atoms with van der Waals surface area (Å²) in [4.78, 5) is 18.1. The molecule has 0 unspecified atom stereocenters. The fourth-order valence-electron chi connectivity index (χ4n) is 3.13. The molecular formula is C21H19ClN2OS. The molecule has 1 N–H and O–H groups in total. The molecule has 2 heterocycles. The Morgan fingerprint density at radius 1 is 1.15 bits per heavy atom. The van der Waals surface area contributed by atoms with Gasteiger partial charge in [0.2, 0.25) is 0 Å². The molecule has 0 radical (unpaired) electrons. The molecule has 0 amide bonds. The molecule has 0 saturated carbocycles. The van der Waals surface area contributed by atoms with E-state index >= 15 is 0 Å². The summed E-state index contributed by atoms with van der Waals surface area (Å²) in [7, 11) is 0. The van der Waals surface area contributed by atoms with Crippen LogP contribution in [-0.4, -0.2) is 11.5 Å². The summed E-state index contributed by atoms with van der Waals surface area (Å²) < 4.78 is 1.84. The summed E-state index contributed by atoms with van der Waals surface area (Å²) in [5, 5.41) is 6.31. The first-order chi connectivity index (χ1) is 12.5. The van der Waals surface area contributed by atoms with Gasteiger partial charge >= 0.3 is 0 Å². The first kappa shape index (κ1) is 17.3. The Balaban J connectivity index is 2.05. The number of hydrogen-bond acceptors (Lipinski definition) is 4. The van der Waals surface area contributed by atoms with E-state index in [1.54, 1.807) is 17.4 Å². The molecule has 0 aliphatic carbocycles. The van der Waals surface area contributed by atoms with E-state index in [2.05, 4.69) is 19.2 Å². The summed E-state index contributed by atoms with van der Waals surface area (Å²) in [5.41, 5.74) is 0.847. The van der Waals surface area contributed by atoms with E-state index in [-0.39, 0.29) is 5.43 Å². The molecule has 4 aromatic rings. The number of fused-ring (bicyclic) bond motifs is 4. The van der Waals surface area contributed by atoms with Gasteiger partial charge < -0.3 is 5.32 Å². The van der Waals surface area contributed by atoms with Crippen molar-refractivity contribution in [3.63, 3.8) is 0 Å². The maximum absolute atomic E-state index is 13.3. The summed E-state index contributed by atoms with van der Waals surface area (Å²) in [6.07, 6.45) is 1.05. The zero-order valence-corrected chi connectivity index (χ0v) is 16.2. The number of aromatic nitrogens is 1. The zero-order valence-electron chi connectivity index (χ0n) is 14.7. The lowest BCUT2D eigenvalue weighted by molar-refractivity contribution is 0.607. The van der Waals surface area contributed by atoms with E-state index < -0.39 is 0 Å². The van der Waals surface area contributed by atoms with Crippen molar-refractivity contribution in [1.82, 2.24) is 4.98 Å². The molecule has 0 fully saturated rings. The fraction of sp³-hybridized carbons (Fsp3) is 0.238. The quantitative estimate of drug-likeness (QED) is 0.344. The molecule has 4 rings (SSSR count). The highest BCUT2D eigenvalue weighted by Gasteiger charge is 2.15. The minimum Gasteiger partial charge on any atom is -0.369 e. The second-order valence-electron chi connectivity index (χ2n) is 6.86. The number of halogens is 1. The second kappa shape index (κ2) is 6.86. The van der Waals surface area contributed by atoms with E-state index in [0.29, 0.717) is 16.3 Å². The third-order valence-electron chi connectivity index (χ3n) is 4.49. The molecular weight excluding hydrogens is 364 g/mol. The Hall–Kier alpha value is -2.17. The van der Waals surface area contributed by atoms with Gasteiger partial charge in [0.25, 0.3) is 0 Å². The lowest BCUT2D eigenvalue weighted by atomic mass is 10.1. The Morgan fingerprint density at radius 3 is 2.77 bits per heavy atom. The van der Waals surface area contributed by atoms with Crippen molar-refractivity contribution >= 4 is 59.8 Å². The highest BCUT2D eigenvalue weighted by molar-refractivity contribution is 7.25. The number of para-hydroxylation sites is 1. The van der Waals surface area contributed by atoms with Crippen LogP contribution in [0, 0.1) is 5.92 Å². The van der Waals surface area contributed by atoms with Crippen LogP contribution < -0.4 is 10.7 Å². The van der Waals surface area contributed by atoms with Gasteiger partial charge in [-0.25, -0.2) is 4.98 Å². The van der Waals surface area contributed by atoms with Crippen LogP contribution in [0.25, 0.3) is 31.1 Å². The van der Waals surface area contributed by atoms with Gasteiger partial charge in [0, 0.05) is 27.0 Å². The van der Waals surface area contributed by atoms with Crippen molar-refractivity contribution < 1.29 is 0 Å². The van der Waals surface area contributed by atoms with Gasteiger partial charge in [-0.15, -0.1) is 11.3 Å². The fourth-order valence-corrected chi connectivity index (χ4v) is 4.44. The van der Waals surface area contributed by atoms with Crippen LogP contribution in [0.1, 0.15) is 20.3 Å². The van der Waals surface area contributed by atoms with Crippen molar-refractivity contribution in [3.05, 3.63) is 57.7 Å². The summed E-state index contributed by atoms with van der Waals surface area (Å²) in [6.45, 7) is 5.23. The largest absolute Gasteiger partial charge is 0.369 e. The van der Waals surface area contributed by atoms with Gasteiger partial charge in [0.15, 0.2) is 5.43 Å². The first-order valence-electron chi connectivity index (χ1n) is 8.73. The van der Waals surface area contributed by atoms with Gasteiger partial charge in [-0.3, -0.25) is 4.79 Å². The van der Waals surface area contributed by atoms with E-state index in [9.17, 15) is 4.79 Å². The summed E-state index contributed by atoms with van der Waals surface area (Å²) in [5.74, 6) is 1.40. The lowest BCUT2D eigenvalue weighted by Gasteiger charge is -2.12. The van der Waals surface area contributed by atoms with Crippen LogP contribution in [0.5, 0.6) is 0 Å². The molecule has 2 aromatic heterocycles. The average molecular weight is 383 g/mol. The molecule has 0 saturated heterocycles. The monoisotopic (exact) mass is 382 g/mol. The molecule has 0 aliphatic rings. The van der Waals surface area contributed by atoms with Gasteiger partial charge in [0.05, 0.1) is 15.6 Å². The maximum atomic E-state index is 13.3. The number of nitrogens with zero attached hydrogens (tertiary/aromatic N) is 1. The molecule has 0 spiro atoms. The number of benzene rings is 2. The Kier molecular flexibility index (Phi) is 4.55. The molecule has 2 aromatic carbocycles. The summed E-state index contributed by atoms with van der Waals surface area (Å²) in [6, 6.07) is 13.3. The molecule has 0 bridgehead atoms. The lowest BCUT2D eigenvalue weighted by Crippen LogP contribution is -2.09. The number of nitrogens with one attached hydrogen (secondary N) is 1. The Morgan fingerprint density at radius 2 is 1.96 bits per heavy atom. The smallest absolute Gasteiger partial charge is 0.196 e. The maximum Gasteiger partial charge on any atom is 0.196 e. The molecule has 132 valence electrons. The molecule has 26 heavy (non-hydrogen) atoms. The number of rotatable bonds is 4. The van der Waals surface area contributed by atoms with Crippen LogP contribution in [-0.2, 0) is 0 Å². The minimum atomic E-state index is 0.0155. The third-order valence-corrected chi connectivity index (χ3v) is 5.90. The van der Waals surface area contributed by atoms with Crippen molar-refractivity contribution in [2.45, 2.75) is 20.3 Å². The molecule has 3 nitrogen and oxygen atoms in total. The number of anilines is 1. The van der Waals surface area contributed by atoms with Gasteiger partial charge in [-0.05, 0) is 36.6 Å². The van der Waals surface area contributed by atoms with Gasteiger partial charge in [-0.2, -0.15) is 0 Å². The van der Waals surface area contributed by atoms with E-state index in [1.807, 2.05) is 36.4 Å². The van der Waals surface area contributed by atoms with Crippen molar-refractivity contribution in [2.24, 2.45) is 5.92 Å². The van der Waals surface area contributed by atoms with Crippen LogP contribution in [0.2, 0.25) is 5.02 Å². The highest BCUT2D eigenvalue weighted by Crippen LogP contribution is 2.34. The highest BCUT2D eigenvalue weighted by atomic mass is 35.5. The topological polar surface area (TPSA) is 42.0 Å². The predicted octanol–water partition coefficient (Wildman–Crippen LogP) is 6.07. The predicted molar refractivity (Wildman–Crippen MR) is 114 cm³/mol.